The van der Waals surface area contributed by atoms with Crippen molar-refractivity contribution in [3.63, 3.8) is 0 Å². The van der Waals surface area contributed by atoms with E-state index in [4.69, 9.17) is 0 Å². The van der Waals surface area contributed by atoms with Crippen LogP contribution in [0, 0.1) is 0 Å². The van der Waals surface area contributed by atoms with Crippen LogP contribution in [0.3, 0.4) is 0 Å². The second kappa shape index (κ2) is 7.22. The first-order chi connectivity index (χ1) is 12.0. The minimum absolute atomic E-state index is 0.183. The van der Waals surface area contributed by atoms with E-state index < -0.39 is 0 Å². The third kappa shape index (κ3) is 4.07. The maximum atomic E-state index is 11.8. The lowest BCUT2D eigenvalue weighted by atomic mass is 10.3. The molecule has 0 saturated heterocycles. The van der Waals surface area contributed by atoms with Gasteiger partial charge in [0.25, 0.3) is 0 Å². The molecule has 0 atom stereocenters. The lowest BCUT2D eigenvalue weighted by molar-refractivity contribution is 0.240. The highest BCUT2D eigenvalue weighted by Crippen LogP contribution is 2.19. The van der Waals surface area contributed by atoms with E-state index in [0.29, 0.717) is 29.3 Å². The zero-order valence-corrected chi connectivity index (χ0v) is 14.2. The Bertz CT molecular complexity index is 903. The molecule has 0 saturated carbocycles. The molecule has 0 aliphatic rings. The third-order valence-corrected chi connectivity index (χ3v) is 3.78. The summed E-state index contributed by atoms with van der Waals surface area (Å²) in [4.78, 5) is 24.8. The van der Waals surface area contributed by atoms with Gasteiger partial charge in [-0.2, -0.15) is 0 Å². The Morgan fingerprint density at radius 1 is 1.16 bits per heavy atom. The number of phenolic OH excluding ortho intramolecular Hbond substituents is 1. The number of aromatic hydroxyl groups is 1. The summed E-state index contributed by atoms with van der Waals surface area (Å²) >= 11 is 4.05. The number of carbonyl (C=O) groups is 1. The molecular formula is C16H16N6O2S. The van der Waals surface area contributed by atoms with Crippen LogP contribution >= 0.6 is 12.8 Å². The van der Waals surface area contributed by atoms with Gasteiger partial charge in [0, 0.05) is 12.2 Å². The van der Waals surface area contributed by atoms with Crippen LogP contribution in [0.2, 0.25) is 0 Å². The number of thiol groups is 1. The smallest absolute Gasteiger partial charge is 0.332 e. The van der Waals surface area contributed by atoms with Crippen molar-refractivity contribution in [2.75, 3.05) is 17.2 Å². The van der Waals surface area contributed by atoms with E-state index in [9.17, 15) is 9.90 Å². The summed E-state index contributed by atoms with van der Waals surface area (Å²) < 4.78 is 1.24. The molecule has 1 aromatic carbocycles. The molecule has 0 radical (unpaired) electrons. The third-order valence-electron chi connectivity index (χ3n) is 3.32. The zero-order chi connectivity index (χ0) is 17.8. The average molecular weight is 356 g/mol. The number of nitrogens with one attached hydrogen (secondary N) is 2. The van der Waals surface area contributed by atoms with Crippen LogP contribution in [-0.2, 0) is 0 Å². The number of benzene rings is 1. The Balaban J connectivity index is 1.83. The van der Waals surface area contributed by atoms with Crippen LogP contribution in [0.15, 0.2) is 42.6 Å². The Morgan fingerprint density at radius 3 is 2.60 bits per heavy atom. The number of fused-ring (bicyclic) bond motifs is 1. The molecule has 0 unspecified atom stereocenters. The topological polar surface area (TPSA) is 103 Å². The van der Waals surface area contributed by atoms with Crippen molar-refractivity contribution in [1.29, 1.82) is 0 Å². The predicted octanol–water partition coefficient (Wildman–Crippen LogP) is 3.17. The van der Waals surface area contributed by atoms with E-state index in [1.165, 1.54) is 4.31 Å². The van der Waals surface area contributed by atoms with Crippen LogP contribution in [0.1, 0.15) is 6.92 Å². The number of aromatic nitrogens is 3. The van der Waals surface area contributed by atoms with Crippen LogP contribution in [-0.4, -0.2) is 36.9 Å². The van der Waals surface area contributed by atoms with Crippen molar-refractivity contribution in [2.24, 2.45) is 0 Å². The number of rotatable bonds is 4. The van der Waals surface area contributed by atoms with E-state index in [0.717, 1.165) is 5.69 Å². The second-order valence-corrected chi connectivity index (χ2v) is 5.60. The van der Waals surface area contributed by atoms with E-state index in [-0.39, 0.29) is 11.8 Å². The quantitative estimate of drug-likeness (QED) is 0.423. The van der Waals surface area contributed by atoms with Gasteiger partial charge in [0.1, 0.15) is 17.1 Å². The number of amides is 2. The van der Waals surface area contributed by atoms with Crippen molar-refractivity contribution >= 4 is 47.3 Å². The Hall–Kier alpha value is -3.07. The number of carbonyl (C=O) groups excluding carboxylic acids is 1. The number of urea groups is 1. The number of hydrogen-bond donors (Lipinski definition) is 4. The fraction of sp³-hybridized carbons (Fsp3) is 0.125. The van der Waals surface area contributed by atoms with E-state index in [1.54, 1.807) is 42.6 Å². The van der Waals surface area contributed by atoms with Crippen molar-refractivity contribution in [1.82, 2.24) is 19.3 Å². The minimum Gasteiger partial charge on any atom is -0.508 e. The highest BCUT2D eigenvalue weighted by molar-refractivity contribution is 7.78. The molecule has 3 aromatic rings. The molecule has 0 aliphatic carbocycles. The highest BCUT2D eigenvalue weighted by Gasteiger charge is 2.10. The number of nitrogens with zero attached hydrogens (tertiary/aromatic N) is 4. The number of phenols is 1. The summed E-state index contributed by atoms with van der Waals surface area (Å²) in [5.74, 6) is 1.04. The molecule has 0 aliphatic heterocycles. The maximum absolute atomic E-state index is 11.8. The van der Waals surface area contributed by atoms with Crippen molar-refractivity contribution in [3.05, 3.63) is 42.6 Å². The SMILES string of the molecule is CCN(S)C(=O)Nc1ccc2ncc(Nc3ccc(O)cc3)nc2n1. The van der Waals surface area contributed by atoms with Gasteiger partial charge in [-0.05, 0) is 43.3 Å². The average Bonchev–Trinajstić information content (AvgIpc) is 2.62. The van der Waals surface area contributed by atoms with Crippen molar-refractivity contribution in [3.8, 4) is 5.75 Å². The molecule has 8 nitrogen and oxygen atoms in total. The predicted molar refractivity (Wildman–Crippen MR) is 99.1 cm³/mol. The van der Waals surface area contributed by atoms with Crippen LogP contribution in [0.5, 0.6) is 5.75 Å². The number of hydrogen-bond acceptors (Lipinski definition) is 7. The van der Waals surface area contributed by atoms with Gasteiger partial charge in [-0.15, -0.1) is 0 Å². The van der Waals surface area contributed by atoms with Gasteiger partial charge in [-0.25, -0.2) is 19.7 Å². The molecular weight excluding hydrogens is 340 g/mol. The lowest BCUT2D eigenvalue weighted by Crippen LogP contribution is -2.27. The number of pyridine rings is 1. The zero-order valence-electron chi connectivity index (χ0n) is 13.3. The van der Waals surface area contributed by atoms with E-state index in [1.807, 2.05) is 6.92 Å². The van der Waals surface area contributed by atoms with Gasteiger partial charge in [-0.1, -0.05) is 12.8 Å². The van der Waals surface area contributed by atoms with Crippen LogP contribution in [0.25, 0.3) is 11.2 Å². The lowest BCUT2D eigenvalue weighted by Gasteiger charge is -2.13. The Morgan fingerprint density at radius 2 is 1.88 bits per heavy atom. The van der Waals surface area contributed by atoms with Crippen molar-refractivity contribution in [2.45, 2.75) is 6.92 Å². The van der Waals surface area contributed by atoms with Gasteiger partial charge >= 0.3 is 6.03 Å². The molecule has 2 amide bonds. The summed E-state index contributed by atoms with van der Waals surface area (Å²) in [6.07, 6.45) is 1.58. The summed E-state index contributed by atoms with van der Waals surface area (Å²) in [6.45, 7) is 2.27. The molecule has 2 aromatic heterocycles. The molecule has 0 spiro atoms. The van der Waals surface area contributed by atoms with E-state index >= 15 is 0 Å². The molecule has 3 rings (SSSR count). The summed E-state index contributed by atoms with van der Waals surface area (Å²) in [5, 5.41) is 15.0. The monoisotopic (exact) mass is 356 g/mol. The molecule has 25 heavy (non-hydrogen) atoms. The normalized spacial score (nSPS) is 10.5. The first-order valence-electron chi connectivity index (χ1n) is 7.52. The standard InChI is InChI=1S/C16H16N6O2S/c1-2-22(25)16(24)21-13-8-7-12-15(19-13)20-14(9-17-12)18-10-3-5-11(23)6-4-10/h3-9,23,25H,2H2,1H3,(H2,18,19,20,21,24). The van der Waals surface area contributed by atoms with Gasteiger partial charge in [0.2, 0.25) is 0 Å². The number of anilines is 3. The minimum atomic E-state index is -0.371. The molecule has 128 valence electrons. The van der Waals surface area contributed by atoms with Gasteiger partial charge < -0.3 is 10.4 Å². The second-order valence-electron chi connectivity index (χ2n) is 5.11. The molecule has 0 bridgehead atoms. The maximum Gasteiger partial charge on any atom is 0.332 e. The first kappa shape index (κ1) is 16.8. The van der Waals surface area contributed by atoms with Crippen LogP contribution in [0.4, 0.5) is 22.1 Å². The molecule has 2 heterocycles. The first-order valence-corrected chi connectivity index (χ1v) is 7.92. The fourth-order valence-electron chi connectivity index (χ4n) is 2.04. The largest absolute Gasteiger partial charge is 0.508 e. The molecule has 3 N–H and O–H groups in total. The summed E-state index contributed by atoms with van der Waals surface area (Å²) in [7, 11) is 0. The molecule has 9 heteroatoms. The van der Waals surface area contributed by atoms with Gasteiger partial charge in [0.15, 0.2) is 11.5 Å². The highest BCUT2D eigenvalue weighted by atomic mass is 32.1. The summed E-state index contributed by atoms with van der Waals surface area (Å²) in [5.41, 5.74) is 1.75. The van der Waals surface area contributed by atoms with Crippen molar-refractivity contribution < 1.29 is 9.90 Å². The van der Waals surface area contributed by atoms with E-state index in [2.05, 4.69) is 38.4 Å². The molecule has 0 fully saturated rings. The summed E-state index contributed by atoms with van der Waals surface area (Å²) in [6, 6.07) is 9.58. The van der Waals surface area contributed by atoms with Crippen LogP contribution < -0.4 is 10.6 Å². The van der Waals surface area contributed by atoms with Gasteiger partial charge in [-0.3, -0.25) is 9.62 Å². The van der Waals surface area contributed by atoms with Gasteiger partial charge in [0.05, 0.1) is 6.20 Å². The Kier molecular flexibility index (Phi) is 4.85. The Labute approximate surface area is 149 Å². The fourth-order valence-corrected chi connectivity index (χ4v) is 2.09.